The van der Waals surface area contributed by atoms with Crippen LogP contribution >= 0.6 is 0 Å². The normalized spacial score (nSPS) is 25.0. The summed E-state index contributed by atoms with van der Waals surface area (Å²) < 4.78 is 7.11. The van der Waals surface area contributed by atoms with Gasteiger partial charge < -0.3 is 15.4 Å². The highest BCUT2D eigenvalue weighted by molar-refractivity contribution is 5.92. The Morgan fingerprint density at radius 2 is 2.04 bits per heavy atom. The Bertz CT molecular complexity index is 773. The van der Waals surface area contributed by atoms with Gasteiger partial charge in [-0.05, 0) is 56.4 Å². The van der Waals surface area contributed by atoms with Crippen LogP contribution in [0.3, 0.4) is 0 Å². The van der Waals surface area contributed by atoms with Crippen molar-refractivity contribution in [2.75, 3.05) is 7.11 Å². The second-order valence-electron chi connectivity index (χ2n) is 7.10. The van der Waals surface area contributed by atoms with Crippen LogP contribution in [0, 0.1) is 6.92 Å². The summed E-state index contributed by atoms with van der Waals surface area (Å²) in [5.41, 5.74) is 2.39. The predicted molar refractivity (Wildman–Crippen MR) is 95.3 cm³/mol. The standard InChI is InChI=1S/C19H24N4O2/c1-12-3-6-18(25-2)17(9-12)23-8-7-16(22-23)19(24)21-15-10-13-4-5-14(11-15)20-13/h3,6-9,13-15,20H,4-5,10-11H2,1-2H3,(H,21,24). The van der Waals surface area contributed by atoms with E-state index in [1.165, 1.54) is 12.8 Å². The summed E-state index contributed by atoms with van der Waals surface area (Å²) in [6.45, 7) is 2.02. The average molecular weight is 340 g/mol. The number of benzene rings is 1. The van der Waals surface area contributed by atoms with Crippen LogP contribution < -0.4 is 15.4 Å². The Kier molecular flexibility index (Phi) is 4.21. The number of fused-ring (bicyclic) bond motifs is 2. The fraction of sp³-hybridized carbons (Fsp3) is 0.474. The Morgan fingerprint density at radius 1 is 1.28 bits per heavy atom. The molecule has 2 N–H and O–H groups in total. The molecular weight excluding hydrogens is 316 g/mol. The molecule has 1 aromatic heterocycles. The molecule has 2 aliphatic rings. The van der Waals surface area contributed by atoms with Crippen molar-refractivity contribution in [3.63, 3.8) is 0 Å². The van der Waals surface area contributed by atoms with Crippen molar-refractivity contribution < 1.29 is 9.53 Å². The maximum atomic E-state index is 12.6. The van der Waals surface area contributed by atoms with Gasteiger partial charge in [0, 0.05) is 24.3 Å². The fourth-order valence-electron chi connectivity index (χ4n) is 3.99. The van der Waals surface area contributed by atoms with Gasteiger partial charge in [0.15, 0.2) is 5.69 Å². The van der Waals surface area contributed by atoms with Crippen LogP contribution in [0.15, 0.2) is 30.5 Å². The van der Waals surface area contributed by atoms with Crippen LogP contribution in [0.2, 0.25) is 0 Å². The lowest BCUT2D eigenvalue weighted by molar-refractivity contribution is 0.0918. The fourth-order valence-corrected chi connectivity index (χ4v) is 3.99. The van der Waals surface area contributed by atoms with Crippen molar-refractivity contribution in [1.82, 2.24) is 20.4 Å². The molecule has 132 valence electrons. The highest BCUT2D eigenvalue weighted by Gasteiger charge is 2.34. The zero-order valence-electron chi connectivity index (χ0n) is 14.7. The van der Waals surface area contributed by atoms with Gasteiger partial charge in [-0.2, -0.15) is 5.10 Å². The summed E-state index contributed by atoms with van der Waals surface area (Å²) in [5, 5.41) is 11.2. The number of aryl methyl sites for hydroxylation is 1. The van der Waals surface area contributed by atoms with Gasteiger partial charge in [0.2, 0.25) is 0 Å². The van der Waals surface area contributed by atoms with Crippen LogP contribution in [-0.2, 0) is 0 Å². The van der Waals surface area contributed by atoms with Gasteiger partial charge in [0.05, 0.1) is 7.11 Å². The Labute approximate surface area is 147 Å². The minimum Gasteiger partial charge on any atom is -0.494 e. The van der Waals surface area contributed by atoms with Crippen molar-refractivity contribution in [3.8, 4) is 11.4 Å². The Morgan fingerprint density at radius 3 is 2.76 bits per heavy atom. The first-order valence-corrected chi connectivity index (χ1v) is 8.90. The van der Waals surface area contributed by atoms with Crippen molar-refractivity contribution in [1.29, 1.82) is 0 Å². The van der Waals surface area contributed by atoms with E-state index in [1.807, 2.05) is 25.1 Å². The van der Waals surface area contributed by atoms with Gasteiger partial charge in [-0.15, -0.1) is 0 Å². The molecule has 0 spiro atoms. The molecule has 2 saturated heterocycles. The number of nitrogens with zero attached hydrogens (tertiary/aromatic N) is 2. The van der Waals surface area contributed by atoms with E-state index in [9.17, 15) is 4.79 Å². The molecule has 0 aliphatic carbocycles. The summed E-state index contributed by atoms with van der Waals surface area (Å²) in [4.78, 5) is 12.6. The first kappa shape index (κ1) is 16.1. The molecule has 1 amide bonds. The lowest BCUT2D eigenvalue weighted by Gasteiger charge is -2.29. The number of aromatic nitrogens is 2. The van der Waals surface area contributed by atoms with E-state index in [1.54, 1.807) is 24.1 Å². The van der Waals surface area contributed by atoms with Crippen LogP contribution in [0.1, 0.15) is 41.7 Å². The third-order valence-electron chi connectivity index (χ3n) is 5.21. The van der Waals surface area contributed by atoms with E-state index >= 15 is 0 Å². The van der Waals surface area contributed by atoms with Crippen molar-refractivity contribution in [3.05, 3.63) is 41.7 Å². The number of hydrogen-bond acceptors (Lipinski definition) is 4. The Balaban J connectivity index is 1.49. The number of methoxy groups -OCH3 is 1. The maximum absolute atomic E-state index is 12.6. The van der Waals surface area contributed by atoms with Gasteiger partial charge in [0.25, 0.3) is 5.91 Å². The molecule has 3 heterocycles. The minimum atomic E-state index is -0.100. The van der Waals surface area contributed by atoms with E-state index in [4.69, 9.17) is 4.74 Å². The number of nitrogens with one attached hydrogen (secondary N) is 2. The quantitative estimate of drug-likeness (QED) is 0.895. The predicted octanol–water partition coefficient (Wildman–Crippen LogP) is 2.20. The van der Waals surface area contributed by atoms with Crippen molar-refractivity contribution in [2.24, 2.45) is 0 Å². The van der Waals surface area contributed by atoms with Gasteiger partial charge >= 0.3 is 0 Å². The molecule has 4 rings (SSSR count). The SMILES string of the molecule is COc1ccc(C)cc1-n1ccc(C(=O)NC2CC3CCC(C2)N3)n1. The number of piperidine rings is 1. The monoisotopic (exact) mass is 340 g/mol. The first-order chi connectivity index (χ1) is 12.1. The molecule has 2 aromatic rings. The van der Waals surface area contributed by atoms with Crippen molar-refractivity contribution >= 4 is 5.91 Å². The number of amides is 1. The molecule has 25 heavy (non-hydrogen) atoms. The molecular formula is C19H24N4O2. The molecule has 2 aliphatic heterocycles. The van der Waals surface area contributed by atoms with E-state index in [0.717, 1.165) is 29.8 Å². The topological polar surface area (TPSA) is 68.2 Å². The zero-order valence-corrected chi connectivity index (χ0v) is 14.7. The average Bonchev–Trinajstić information content (AvgIpc) is 3.22. The van der Waals surface area contributed by atoms with Crippen LogP contribution in [0.25, 0.3) is 5.69 Å². The molecule has 6 heteroatoms. The van der Waals surface area contributed by atoms with E-state index in [-0.39, 0.29) is 11.9 Å². The third kappa shape index (κ3) is 3.26. The molecule has 2 unspecified atom stereocenters. The summed E-state index contributed by atoms with van der Waals surface area (Å²) in [6, 6.07) is 9.01. The summed E-state index contributed by atoms with van der Waals surface area (Å²) in [5.74, 6) is 0.632. The van der Waals surface area contributed by atoms with E-state index in [2.05, 4.69) is 15.7 Å². The highest BCUT2D eigenvalue weighted by atomic mass is 16.5. The highest BCUT2D eigenvalue weighted by Crippen LogP contribution is 2.27. The van der Waals surface area contributed by atoms with Crippen LogP contribution in [-0.4, -0.2) is 40.9 Å². The van der Waals surface area contributed by atoms with Gasteiger partial charge in [-0.25, -0.2) is 4.68 Å². The lowest BCUT2D eigenvalue weighted by atomic mass is 10.00. The zero-order chi connectivity index (χ0) is 17.4. The number of rotatable bonds is 4. The summed E-state index contributed by atoms with van der Waals surface area (Å²) in [6.07, 6.45) is 6.26. The largest absolute Gasteiger partial charge is 0.494 e. The molecule has 2 atom stereocenters. The molecule has 0 saturated carbocycles. The maximum Gasteiger partial charge on any atom is 0.272 e. The number of carbonyl (C=O) groups excluding carboxylic acids is 1. The molecule has 1 aromatic carbocycles. The van der Waals surface area contributed by atoms with Gasteiger partial charge in [-0.3, -0.25) is 4.79 Å². The number of carbonyl (C=O) groups is 1. The van der Waals surface area contributed by atoms with Crippen LogP contribution in [0.5, 0.6) is 5.75 Å². The summed E-state index contributed by atoms with van der Waals surface area (Å²) >= 11 is 0. The van der Waals surface area contributed by atoms with E-state index < -0.39 is 0 Å². The Hall–Kier alpha value is -2.34. The number of hydrogen-bond donors (Lipinski definition) is 2. The van der Waals surface area contributed by atoms with Crippen LogP contribution in [0.4, 0.5) is 0 Å². The van der Waals surface area contributed by atoms with Gasteiger partial charge in [0.1, 0.15) is 11.4 Å². The molecule has 2 fully saturated rings. The smallest absolute Gasteiger partial charge is 0.272 e. The minimum absolute atomic E-state index is 0.100. The van der Waals surface area contributed by atoms with E-state index in [0.29, 0.717) is 17.8 Å². The second kappa shape index (κ2) is 6.52. The number of ether oxygens (including phenoxy) is 1. The lowest BCUT2D eigenvalue weighted by Crippen LogP contribution is -2.48. The molecule has 2 bridgehead atoms. The third-order valence-corrected chi connectivity index (χ3v) is 5.21. The van der Waals surface area contributed by atoms with Gasteiger partial charge in [-0.1, -0.05) is 6.07 Å². The van der Waals surface area contributed by atoms with Crippen molar-refractivity contribution in [2.45, 2.75) is 50.7 Å². The first-order valence-electron chi connectivity index (χ1n) is 8.90. The molecule has 6 nitrogen and oxygen atoms in total. The second-order valence-corrected chi connectivity index (χ2v) is 7.10. The molecule has 0 radical (unpaired) electrons. The summed E-state index contributed by atoms with van der Waals surface area (Å²) in [7, 11) is 1.64.